The lowest BCUT2D eigenvalue weighted by Gasteiger charge is -2.24. The second-order valence-corrected chi connectivity index (χ2v) is 9.14. The summed E-state index contributed by atoms with van der Waals surface area (Å²) in [7, 11) is -1.16. The lowest BCUT2D eigenvalue weighted by Crippen LogP contribution is -2.35. The molecule has 1 N–H and O–H groups in total. The Bertz CT molecular complexity index is 671. The van der Waals surface area contributed by atoms with Crippen molar-refractivity contribution in [3.8, 4) is 0 Å². The fourth-order valence-electron chi connectivity index (χ4n) is 3.86. The Morgan fingerprint density at radius 1 is 1.21 bits per heavy atom. The third-order valence-electron chi connectivity index (χ3n) is 5.31. The fraction of sp³-hybridized carbons (Fsp3) is 0.765. The van der Waals surface area contributed by atoms with E-state index in [2.05, 4.69) is 26.6 Å². The van der Waals surface area contributed by atoms with Crippen LogP contribution in [0.3, 0.4) is 0 Å². The lowest BCUT2D eigenvalue weighted by atomic mass is 10.0. The zero-order valence-electron chi connectivity index (χ0n) is 14.7. The van der Waals surface area contributed by atoms with Crippen molar-refractivity contribution in [2.45, 2.75) is 69.7 Å². The predicted octanol–water partition coefficient (Wildman–Crippen LogP) is 2.30. The molecular formula is C17H28N4O2S. The highest BCUT2D eigenvalue weighted by atomic mass is 32.2. The molecule has 1 aromatic rings. The number of rotatable bonds is 5. The van der Waals surface area contributed by atoms with Crippen LogP contribution < -0.4 is 4.72 Å². The Kier molecular flexibility index (Phi) is 5.52. The van der Waals surface area contributed by atoms with Gasteiger partial charge in [0.05, 0.1) is 17.0 Å². The maximum atomic E-state index is 12.6. The van der Waals surface area contributed by atoms with Crippen LogP contribution in [0.1, 0.15) is 68.1 Å². The Morgan fingerprint density at radius 3 is 2.62 bits per heavy atom. The van der Waals surface area contributed by atoms with Gasteiger partial charge >= 0.3 is 0 Å². The van der Waals surface area contributed by atoms with Crippen molar-refractivity contribution in [2.24, 2.45) is 0 Å². The molecule has 1 unspecified atom stereocenters. The van der Waals surface area contributed by atoms with E-state index in [-0.39, 0.29) is 11.3 Å². The van der Waals surface area contributed by atoms with Crippen LogP contribution in [0.4, 0.5) is 0 Å². The van der Waals surface area contributed by atoms with E-state index < -0.39 is 10.0 Å². The Morgan fingerprint density at radius 2 is 1.96 bits per heavy atom. The molecular weight excluding hydrogens is 324 g/mol. The first-order chi connectivity index (χ1) is 11.5. The van der Waals surface area contributed by atoms with Crippen molar-refractivity contribution in [3.05, 3.63) is 23.3 Å². The van der Waals surface area contributed by atoms with Gasteiger partial charge in [-0.15, -0.1) is 0 Å². The minimum Gasteiger partial charge on any atom is -0.298 e. The van der Waals surface area contributed by atoms with Gasteiger partial charge in [-0.25, -0.2) is 23.1 Å². The van der Waals surface area contributed by atoms with E-state index in [1.54, 1.807) is 6.20 Å². The molecule has 134 valence electrons. The van der Waals surface area contributed by atoms with Gasteiger partial charge < -0.3 is 0 Å². The number of hydrogen-bond donors (Lipinski definition) is 1. The van der Waals surface area contributed by atoms with E-state index in [1.807, 2.05) is 6.92 Å². The first kappa shape index (κ1) is 17.8. The topological polar surface area (TPSA) is 75.2 Å². The van der Waals surface area contributed by atoms with Crippen LogP contribution in [-0.2, 0) is 16.6 Å². The molecule has 3 rings (SSSR count). The van der Waals surface area contributed by atoms with Crippen molar-refractivity contribution in [1.82, 2.24) is 19.6 Å². The van der Waals surface area contributed by atoms with Gasteiger partial charge in [0.25, 0.3) is 0 Å². The Hall–Kier alpha value is -1.05. The largest absolute Gasteiger partial charge is 0.298 e. The quantitative estimate of drug-likeness (QED) is 0.880. The first-order valence-corrected chi connectivity index (χ1v) is 10.5. The number of aryl methyl sites for hydroxylation is 1. The molecule has 0 amide bonds. The van der Waals surface area contributed by atoms with Crippen LogP contribution in [0, 0.1) is 6.92 Å². The van der Waals surface area contributed by atoms with Gasteiger partial charge in [-0.2, -0.15) is 0 Å². The maximum Gasteiger partial charge on any atom is 0.214 e. The highest BCUT2D eigenvalue weighted by Gasteiger charge is 2.29. The zero-order chi connectivity index (χ0) is 17.2. The Balaban J connectivity index is 1.75. The molecule has 6 nitrogen and oxygen atoms in total. The van der Waals surface area contributed by atoms with E-state index in [9.17, 15) is 8.42 Å². The summed E-state index contributed by atoms with van der Waals surface area (Å²) in [6, 6.07) is 0.265. The molecule has 0 bridgehead atoms. The van der Waals surface area contributed by atoms with E-state index in [1.165, 1.54) is 0 Å². The smallest absolute Gasteiger partial charge is 0.214 e. The molecule has 1 atom stereocenters. The van der Waals surface area contributed by atoms with E-state index in [0.717, 1.165) is 68.6 Å². The van der Waals surface area contributed by atoms with Crippen molar-refractivity contribution in [1.29, 1.82) is 0 Å². The average Bonchev–Trinajstić information content (AvgIpc) is 3.00. The van der Waals surface area contributed by atoms with Crippen molar-refractivity contribution < 1.29 is 8.42 Å². The molecule has 1 saturated heterocycles. The predicted molar refractivity (Wildman–Crippen MR) is 94.0 cm³/mol. The minimum atomic E-state index is -3.26. The normalized spacial score (nSPS) is 23.7. The molecule has 7 heteroatoms. The molecule has 2 fully saturated rings. The summed E-state index contributed by atoms with van der Waals surface area (Å²) in [5.41, 5.74) is 1.88. The van der Waals surface area contributed by atoms with Crippen molar-refractivity contribution in [2.75, 3.05) is 13.6 Å². The van der Waals surface area contributed by atoms with E-state index in [4.69, 9.17) is 0 Å². The van der Waals surface area contributed by atoms with Gasteiger partial charge in [0.15, 0.2) is 0 Å². The highest BCUT2D eigenvalue weighted by Crippen LogP contribution is 2.31. The SMILES string of the molecule is Cc1ncc(CNS(=O)(=O)C2CCCCC2)c(C2CCCN2C)n1. The minimum absolute atomic E-state index is 0.241. The summed E-state index contributed by atoms with van der Waals surface area (Å²) in [5, 5.41) is -0.241. The van der Waals surface area contributed by atoms with Gasteiger partial charge in [0.1, 0.15) is 5.82 Å². The molecule has 2 aliphatic rings. The second kappa shape index (κ2) is 7.45. The van der Waals surface area contributed by atoms with Crippen LogP contribution in [0.2, 0.25) is 0 Å². The number of aromatic nitrogens is 2. The van der Waals surface area contributed by atoms with Gasteiger partial charge in [0.2, 0.25) is 10.0 Å². The number of hydrogen-bond acceptors (Lipinski definition) is 5. The molecule has 24 heavy (non-hydrogen) atoms. The van der Waals surface area contributed by atoms with Crippen LogP contribution in [0.15, 0.2) is 6.20 Å². The molecule has 0 spiro atoms. The van der Waals surface area contributed by atoms with Crippen molar-refractivity contribution in [3.63, 3.8) is 0 Å². The Labute approximate surface area is 145 Å². The second-order valence-electron chi connectivity index (χ2n) is 7.09. The molecule has 1 aliphatic carbocycles. The molecule has 0 aromatic carbocycles. The van der Waals surface area contributed by atoms with Crippen LogP contribution in [0.5, 0.6) is 0 Å². The summed E-state index contributed by atoms with van der Waals surface area (Å²) < 4.78 is 27.9. The molecule has 0 radical (unpaired) electrons. The summed E-state index contributed by atoms with van der Waals surface area (Å²) in [5.74, 6) is 0.740. The van der Waals surface area contributed by atoms with Gasteiger partial charge in [-0.1, -0.05) is 19.3 Å². The fourth-order valence-corrected chi connectivity index (χ4v) is 5.41. The molecule has 1 saturated carbocycles. The number of likely N-dealkylation sites (tertiary alicyclic amines) is 1. The number of sulfonamides is 1. The zero-order valence-corrected chi connectivity index (χ0v) is 15.5. The summed E-state index contributed by atoms with van der Waals surface area (Å²) in [6.07, 6.45) is 8.72. The van der Waals surface area contributed by atoms with Gasteiger partial charge in [-0.3, -0.25) is 4.90 Å². The third-order valence-corrected chi connectivity index (χ3v) is 7.21. The van der Waals surface area contributed by atoms with Crippen LogP contribution in [0.25, 0.3) is 0 Å². The van der Waals surface area contributed by atoms with E-state index in [0.29, 0.717) is 6.54 Å². The highest BCUT2D eigenvalue weighted by molar-refractivity contribution is 7.90. The van der Waals surface area contributed by atoms with Crippen molar-refractivity contribution >= 4 is 10.0 Å². The van der Waals surface area contributed by atoms with E-state index >= 15 is 0 Å². The number of nitrogens with one attached hydrogen (secondary N) is 1. The molecule has 2 heterocycles. The third kappa shape index (κ3) is 3.95. The monoisotopic (exact) mass is 352 g/mol. The van der Waals surface area contributed by atoms with Gasteiger partial charge in [0, 0.05) is 18.3 Å². The average molecular weight is 353 g/mol. The lowest BCUT2D eigenvalue weighted by molar-refractivity contribution is 0.309. The maximum absolute atomic E-state index is 12.6. The summed E-state index contributed by atoms with van der Waals surface area (Å²) in [6.45, 7) is 3.23. The summed E-state index contributed by atoms with van der Waals surface area (Å²) >= 11 is 0. The molecule has 1 aromatic heterocycles. The van der Waals surface area contributed by atoms with Crippen LogP contribution in [-0.4, -0.2) is 42.1 Å². The molecule has 1 aliphatic heterocycles. The van der Waals surface area contributed by atoms with Gasteiger partial charge in [-0.05, 0) is 46.2 Å². The standard InChI is InChI=1S/C17H28N4O2S/c1-13-18-11-14(17(20-13)16-9-6-10-21(16)2)12-19-24(22,23)15-7-4-3-5-8-15/h11,15-16,19H,3-10,12H2,1-2H3. The van der Waals surface area contributed by atoms with Crippen LogP contribution >= 0.6 is 0 Å². The first-order valence-electron chi connectivity index (χ1n) is 8.98. The summed E-state index contributed by atoms with van der Waals surface area (Å²) in [4.78, 5) is 11.2. The number of nitrogens with zero attached hydrogens (tertiary/aromatic N) is 3.